The van der Waals surface area contributed by atoms with Crippen LogP contribution in [0.4, 0.5) is 0 Å². The molecule has 1 aromatic heterocycles. The Morgan fingerprint density at radius 1 is 1.30 bits per heavy atom. The van der Waals surface area contributed by atoms with Gasteiger partial charge in [0.25, 0.3) is 0 Å². The molecule has 0 fully saturated rings. The Labute approximate surface area is 131 Å². The second-order valence-corrected chi connectivity index (χ2v) is 4.98. The van der Waals surface area contributed by atoms with Crippen molar-refractivity contribution < 1.29 is 29.3 Å². The van der Waals surface area contributed by atoms with Crippen LogP contribution in [-0.2, 0) is 20.8 Å². The average Bonchev–Trinajstić information content (AvgIpc) is 2.84. The summed E-state index contributed by atoms with van der Waals surface area (Å²) >= 11 is 0. The van der Waals surface area contributed by atoms with Crippen molar-refractivity contribution in [2.45, 2.75) is 19.4 Å². The van der Waals surface area contributed by atoms with E-state index in [1.807, 2.05) is 0 Å². The summed E-state index contributed by atoms with van der Waals surface area (Å²) in [5.41, 5.74) is 1.44. The Balaban J connectivity index is 2.25. The minimum Gasteiger partial charge on any atom is -0.480 e. The molecule has 0 spiro atoms. The van der Waals surface area contributed by atoms with Gasteiger partial charge in [0, 0.05) is 30.4 Å². The zero-order chi connectivity index (χ0) is 17.0. The van der Waals surface area contributed by atoms with Gasteiger partial charge in [-0.05, 0) is 23.8 Å². The van der Waals surface area contributed by atoms with Crippen molar-refractivity contribution in [1.29, 1.82) is 0 Å². The molecule has 4 N–H and O–H groups in total. The molecule has 0 aliphatic heterocycles. The molecule has 0 radical (unpaired) electrons. The standard InChI is InChI=1S/C15H16N2O6/c1-8(18)23-10-2-3-12-11(5-10)9(6-16-12)4-13(15(21)22)17-7-14(19)20/h2-3,5-6,13,16-17H,4,7H2,1H3,(H,19,20)(H,21,22)/t13-/m0/s1. The van der Waals surface area contributed by atoms with Gasteiger partial charge < -0.3 is 19.9 Å². The molecule has 0 unspecified atom stereocenters. The van der Waals surface area contributed by atoms with E-state index in [4.69, 9.17) is 9.84 Å². The van der Waals surface area contributed by atoms with E-state index in [1.54, 1.807) is 24.4 Å². The number of carbonyl (C=O) groups excluding carboxylic acids is 1. The summed E-state index contributed by atoms with van der Waals surface area (Å²) in [6, 6.07) is 3.94. The first-order valence-electron chi connectivity index (χ1n) is 6.83. The van der Waals surface area contributed by atoms with Gasteiger partial charge in [0.05, 0.1) is 6.54 Å². The topological polar surface area (TPSA) is 129 Å². The highest BCUT2D eigenvalue weighted by molar-refractivity contribution is 5.86. The molecule has 23 heavy (non-hydrogen) atoms. The molecule has 1 aromatic carbocycles. The van der Waals surface area contributed by atoms with E-state index in [-0.39, 0.29) is 6.42 Å². The van der Waals surface area contributed by atoms with Gasteiger partial charge in [-0.1, -0.05) is 0 Å². The fourth-order valence-electron chi connectivity index (χ4n) is 2.23. The van der Waals surface area contributed by atoms with Gasteiger partial charge in [-0.25, -0.2) is 0 Å². The lowest BCUT2D eigenvalue weighted by molar-refractivity contribution is -0.140. The van der Waals surface area contributed by atoms with Gasteiger partial charge >= 0.3 is 17.9 Å². The number of hydrogen-bond donors (Lipinski definition) is 4. The van der Waals surface area contributed by atoms with Crippen molar-refractivity contribution in [2.75, 3.05) is 6.54 Å². The zero-order valence-electron chi connectivity index (χ0n) is 12.3. The first-order valence-corrected chi connectivity index (χ1v) is 6.83. The molecule has 0 saturated carbocycles. The summed E-state index contributed by atoms with van der Waals surface area (Å²) < 4.78 is 5.02. The normalized spacial score (nSPS) is 12.0. The second-order valence-electron chi connectivity index (χ2n) is 4.98. The molecule has 122 valence electrons. The van der Waals surface area contributed by atoms with Crippen molar-refractivity contribution in [3.05, 3.63) is 30.0 Å². The fourth-order valence-corrected chi connectivity index (χ4v) is 2.23. The first kappa shape index (κ1) is 16.5. The maximum Gasteiger partial charge on any atom is 0.321 e. The minimum atomic E-state index is -1.14. The maximum atomic E-state index is 11.3. The zero-order valence-corrected chi connectivity index (χ0v) is 12.3. The van der Waals surface area contributed by atoms with Crippen LogP contribution >= 0.6 is 0 Å². The van der Waals surface area contributed by atoms with Crippen molar-refractivity contribution in [3.8, 4) is 5.75 Å². The van der Waals surface area contributed by atoms with Crippen LogP contribution in [0.2, 0.25) is 0 Å². The van der Waals surface area contributed by atoms with Crippen LogP contribution < -0.4 is 10.1 Å². The van der Waals surface area contributed by atoms with Crippen LogP contribution in [0.25, 0.3) is 10.9 Å². The van der Waals surface area contributed by atoms with Gasteiger partial charge in [0.1, 0.15) is 11.8 Å². The van der Waals surface area contributed by atoms with E-state index in [2.05, 4.69) is 10.3 Å². The van der Waals surface area contributed by atoms with Crippen molar-refractivity contribution in [3.63, 3.8) is 0 Å². The van der Waals surface area contributed by atoms with Gasteiger partial charge in [0.15, 0.2) is 0 Å². The second kappa shape index (κ2) is 6.93. The third-order valence-electron chi connectivity index (χ3n) is 3.22. The Bertz CT molecular complexity index is 752. The number of hydrogen-bond acceptors (Lipinski definition) is 5. The third-order valence-corrected chi connectivity index (χ3v) is 3.22. The summed E-state index contributed by atoms with van der Waals surface area (Å²) in [6.07, 6.45) is 1.74. The predicted molar refractivity (Wildman–Crippen MR) is 80.4 cm³/mol. The number of esters is 1. The third kappa shape index (κ3) is 4.30. The summed E-state index contributed by atoms with van der Waals surface area (Å²) in [7, 11) is 0. The Morgan fingerprint density at radius 3 is 2.65 bits per heavy atom. The molecule has 0 amide bonds. The molecule has 1 atom stereocenters. The molecule has 8 heteroatoms. The lowest BCUT2D eigenvalue weighted by Gasteiger charge is -2.12. The lowest BCUT2D eigenvalue weighted by atomic mass is 10.0. The summed E-state index contributed by atoms with van der Waals surface area (Å²) in [6.45, 7) is 0.844. The number of nitrogens with one attached hydrogen (secondary N) is 2. The number of carbonyl (C=O) groups is 3. The largest absolute Gasteiger partial charge is 0.480 e. The van der Waals surface area contributed by atoms with Gasteiger partial charge in [-0.3, -0.25) is 19.7 Å². The van der Waals surface area contributed by atoms with Crippen LogP contribution in [0.5, 0.6) is 5.75 Å². The quantitative estimate of drug-likeness (QED) is 0.438. The number of aliphatic carboxylic acids is 2. The molecule has 1 heterocycles. The average molecular weight is 320 g/mol. The highest BCUT2D eigenvalue weighted by Gasteiger charge is 2.20. The number of carboxylic acids is 2. The van der Waals surface area contributed by atoms with E-state index in [0.29, 0.717) is 16.7 Å². The number of ether oxygens (including phenoxy) is 1. The molecule has 2 rings (SSSR count). The predicted octanol–water partition coefficient (Wildman–Crippen LogP) is 0.763. The first-order chi connectivity index (χ1) is 10.9. The molecular formula is C15H16N2O6. The van der Waals surface area contributed by atoms with Gasteiger partial charge in [0.2, 0.25) is 0 Å². The van der Waals surface area contributed by atoms with Gasteiger partial charge in [-0.2, -0.15) is 0 Å². The monoisotopic (exact) mass is 320 g/mol. The molecule has 0 aliphatic carbocycles. The number of carboxylic acid groups (broad SMARTS) is 2. The van der Waals surface area contributed by atoms with Crippen LogP contribution in [0, 0.1) is 0 Å². The molecule has 8 nitrogen and oxygen atoms in total. The highest BCUT2D eigenvalue weighted by Crippen LogP contribution is 2.25. The SMILES string of the molecule is CC(=O)Oc1ccc2[nH]cc(C[C@H](NCC(=O)O)C(=O)O)c2c1. The number of aromatic nitrogens is 1. The summed E-state index contributed by atoms with van der Waals surface area (Å²) in [5.74, 6) is -2.37. The maximum absolute atomic E-state index is 11.3. The van der Waals surface area contributed by atoms with Crippen LogP contribution in [0.15, 0.2) is 24.4 Å². The molecule has 0 aliphatic rings. The van der Waals surface area contributed by atoms with Crippen molar-refractivity contribution >= 4 is 28.8 Å². The molecule has 0 saturated heterocycles. The Hall–Kier alpha value is -2.87. The van der Waals surface area contributed by atoms with E-state index < -0.39 is 30.5 Å². The smallest absolute Gasteiger partial charge is 0.321 e. The number of H-pyrrole nitrogens is 1. The van der Waals surface area contributed by atoms with Crippen LogP contribution in [-0.4, -0.2) is 45.7 Å². The van der Waals surface area contributed by atoms with Crippen molar-refractivity contribution in [1.82, 2.24) is 10.3 Å². The number of fused-ring (bicyclic) bond motifs is 1. The van der Waals surface area contributed by atoms with Crippen LogP contribution in [0.3, 0.4) is 0 Å². The molecule has 2 aromatic rings. The Morgan fingerprint density at radius 2 is 2.04 bits per heavy atom. The van der Waals surface area contributed by atoms with Gasteiger partial charge in [-0.15, -0.1) is 0 Å². The van der Waals surface area contributed by atoms with Crippen LogP contribution in [0.1, 0.15) is 12.5 Å². The van der Waals surface area contributed by atoms with E-state index in [9.17, 15) is 19.5 Å². The van der Waals surface area contributed by atoms with E-state index in [0.717, 1.165) is 5.52 Å². The Kier molecular flexibility index (Phi) is 4.97. The number of benzene rings is 1. The summed E-state index contributed by atoms with van der Waals surface area (Å²) in [4.78, 5) is 35.8. The molecule has 0 bridgehead atoms. The minimum absolute atomic E-state index is 0.0894. The van der Waals surface area contributed by atoms with E-state index >= 15 is 0 Å². The highest BCUT2D eigenvalue weighted by atomic mass is 16.5. The number of rotatable bonds is 7. The summed E-state index contributed by atoms with van der Waals surface area (Å²) in [5, 5.41) is 21.0. The molecular weight excluding hydrogens is 304 g/mol. The lowest BCUT2D eigenvalue weighted by Crippen LogP contribution is -2.41. The van der Waals surface area contributed by atoms with Crippen molar-refractivity contribution in [2.24, 2.45) is 0 Å². The number of aromatic amines is 1. The van der Waals surface area contributed by atoms with E-state index in [1.165, 1.54) is 6.92 Å². The fraction of sp³-hybridized carbons (Fsp3) is 0.267.